The Morgan fingerprint density at radius 2 is 1.77 bits per heavy atom. The van der Waals surface area contributed by atoms with Crippen molar-refractivity contribution >= 4 is 29.7 Å². The summed E-state index contributed by atoms with van der Waals surface area (Å²) in [6.07, 6.45) is 6.27. The van der Waals surface area contributed by atoms with Gasteiger partial charge in [0, 0.05) is 37.4 Å². The normalized spacial score (nSPS) is 31.1. The predicted octanol–water partition coefficient (Wildman–Crippen LogP) is 3.68. The number of amides is 3. The van der Waals surface area contributed by atoms with Crippen LogP contribution in [0.4, 0.5) is 9.59 Å². The van der Waals surface area contributed by atoms with Crippen molar-refractivity contribution in [2.45, 2.75) is 90.6 Å². The Hall–Kier alpha value is -4.07. The van der Waals surface area contributed by atoms with Gasteiger partial charge in [0.1, 0.15) is 6.10 Å². The first-order valence-corrected chi connectivity index (χ1v) is 16.3. The number of hydrogen-bond acceptors (Lipinski definition) is 10. The third-order valence-corrected chi connectivity index (χ3v) is 8.95. The molecule has 5 N–H and O–H groups in total. The van der Waals surface area contributed by atoms with Gasteiger partial charge in [0.05, 0.1) is 30.2 Å². The van der Waals surface area contributed by atoms with Crippen LogP contribution in [0.3, 0.4) is 0 Å². The third kappa shape index (κ3) is 10.5. The van der Waals surface area contributed by atoms with E-state index < -0.39 is 60.0 Å². The number of ketones is 2. The lowest BCUT2D eigenvalue weighted by Gasteiger charge is -2.30. The molecule has 13 heteroatoms. The van der Waals surface area contributed by atoms with E-state index in [1.165, 1.54) is 33.3 Å². The fraction of sp³-hybridized carbons (Fsp3) is 0.571. The number of primary amides is 1. The summed E-state index contributed by atoms with van der Waals surface area (Å²) in [4.78, 5) is 64.8. The van der Waals surface area contributed by atoms with E-state index in [9.17, 15) is 29.1 Å². The van der Waals surface area contributed by atoms with Crippen LogP contribution in [-0.4, -0.2) is 80.0 Å². The van der Waals surface area contributed by atoms with Gasteiger partial charge in [-0.2, -0.15) is 0 Å². The summed E-state index contributed by atoms with van der Waals surface area (Å²) in [6, 6.07) is 0. The first kappa shape index (κ1) is 38.4. The first-order valence-electron chi connectivity index (χ1n) is 16.3. The molecule has 264 valence electrons. The number of methoxy groups -OCH3 is 2. The lowest BCUT2D eigenvalue weighted by atomic mass is 9.85. The number of ether oxygens (including phenoxy) is 4. The molecular formula is C35H49N3O10. The Morgan fingerprint density at radius 3 is 2.40 bits per heavy atom. The second-order valence-corrected chi connectivity index (χ2v) is 12.8. The lowest BCUT2D eigenvalue weighted by molar-refractivity contribution is -0.120. The summed E-state index contributed by atoms with van der Waals surface area (Å²) >= 11 is 0. The smallest absolute Gasteiger partial charge is 0.411 e. The van der Waals surface area contributed by atoms with Crippen LogP contribution in [0.2, 0.25) is 0 Å². The molecule has 2 aliphatic carbocycles. The highest BCUT2D eigenvalue weighted by Crippen LogP contribution is 2.29. The number of aliphatic hydroxyl groups excluding tert-OH is 1. The van der Waals surface area contributed by atoms with Gasteiger partial charge in [-0.25, -0.2) is 9.59 Å². The number of alkyl carbamates (subject to hydrolysis) is 1. The van der Waals surface area contributed by atoms with E-state index in [2.05, 4.69) is 10.6 Å². The average Bonchev–Trinajstić information content (AvgIpc) is 3.56. The van der Waals surface area contributed by atoms with E-state index in [-0.39, 0.29) is 53.8 Å². The van der Waals surface area contributed by atoms with E-state index >= 15 is 0 Å². The van der Waals surface area contributed by atoms with Gasteiger partial charge in [0.25, 0.3) is 5.91 Å². The van der Waals surface area contributed by atoms with Crippen molar-refractivity contribution in [3.05, 3.63) is 58.5 Å². The highest BCUT2D eigenvalue weighted by molar-refractivity contribution is 6.24. The van der Waals surface area contributed by atoms with Crippen molar-refractivity contribution < 1.29 is 48.0 Å². The molecule has 6 atom stereocenters. The van der Waals surface area contributed by atoms with Gasteiger partial charge in [0.2, 0.25) is 11.6 Å². The maximum absolute atomic E-state index is 13.8. The van der Waals surface area contributed by atoms with E-state index in [0.717, 1.165) is 31.8 Å². The van der Waals surface area contributed by atoms with E-state index in [0.29, 0.717) is 5.57 Å². The molecule has 3 amide bonds. The molecule has 0 spiro atoms. The average molecular weight is 672 g/mol. The van der Waals surface area contributed by atoms with Crippen molar-refractivity contribution in [2.24, 2.45) is 23.5 Å². The third-order valence-electron chi connectivity index (χ3n) is 8.95. The van der Waals surface area contributed by atoms with Crippen LogP contribution in [0.1, 0.15) is 66.2 Å². The van der Waals surface area contributed by atoms with Crippen molar-refractivity contribution in [1.82, 2.24) is 10.6 Å². The number of allylic oxidation sites excluding steroid dienone is 4. The summed E-state index contributed by atoms with van der Waals surface area (Å²) in [5.74, 6) is -2.52. The molecule has 1 fully saturated rings. The van der Waals surface area contributed by atoms with Crippen molar-refractivity contribution in [3.8, 4) is 0 Å². The van der Waals surface area contributed by atoms with Crippen LogP contribution in [-0.2, 0) is 33.3 Å². The number of aliphatic hydroxyl groups is 1. The molecule has 0 aromatic heterocycles. The van der Waals surface area contributed by atoms with E-state index in [1.54, 1.807) is 26.0 Å². The number of Topliss-reactive ketones (excluding diaryl/α,β-unsaturated/α-hetero) is 1. The van der Waals surface area contributed by atoms with Gasteiger partial charge in [0.15, 0.2) is 6.10 Å². The molecule has 1 heterocycles. The zero-order valence-electron chi connectivity index (χ0n) is 28.6. The Morgan fingerprint density at radius 1 is 1.08 bits per heavy atom. The number of nitrogens with one attached hydrogen (secondary N) is 2. The summed E-state index contributed by atoms with van der Waals surface area (Å²) in [7, 11) is 2.87. The molecule has 3 rings (SSSR count). The predicted molar refractivity (Wildman–Crippen MR) is 176 cm³/mol. The number of hydrogen-bond donors (Lipinski definition) is 4. The largest absolute Gasteiger partial charge is 0.449 e. The Labute approximate surface area is 281 Å². The van der Waals surface area contributed by atoms with Gasteiger partial charge in [-0.1, -0.05) is 51.0 Å². The molecule has 0 radical (unpaired) electrons. The molecule has 13 nitrogen and oxygen atoms in total. The Balaban J connectivity index is 2.01. The van der Waals surface area contributed by atoms with Gasteiger partial charge in [-0.15, -0.1) is 0 Å². The zero-order valence-corrected chi connectivity index (χ0v) is 28.6. The molecule has 0 aromatic rings. The maximum atomic E-state index is 13.8. The molecule has 3 aliphatic rings. The van der Waals surface area contributed by atoms with Gasteiger partial charge in [-0.05, 0) is 56.9 Å². The van der Waals surface area contributed by atoms with Gasteiger partial charge >= 0.3 is 12.2 Å². The summed E-state index contributed by atoms with van der Waals surface area (Å²) in [5, 5.41) is 16.3. The summed E-state index contributed by atoms with van der Waals surface area (Å²) in [5.41, 5.74) is 5.66. The maximum Gasteiger partial charge on any atom is 0.411 e. The highest BCUT2D eigenvalue weighted by atomic mass is 16.6. The minimum Gasteiger partial charge on any atom is -0.449 e. The minimum absolute atomic E-state index is 0.00470. The number of nitrogens with two attached hydrogens (primary N) is 1. The van der Waals surface area contributed by atoms with Crippen molar-refractivity contribution in [2.75, 3.05) is 20.8 Å². The lowest BCUT2D eigenvalue weighted by Crippen LogP contribution is -2.39. The summed E-state index contributed by atoms with van der Waals surface area (Å²) < 4.78 is 22.0. The van der Waals surface area contributed by atoms with Crippen LogP contribution in [0, 0.1) is 17.8 Å². The van der Waals surface area contributed by atoms with Gasteiger partial charge < -0.3 is 35.1 Å². The topological polar surface area (TPSA) is 193 Å². The van der Waals surface area contributed by atoms with Crippen LogP contribution in [0.15, 0.2) is 58.5 Å². The van der Waals surface area contributed by atoms with Crippen LogP contribution in [0.5, 0.6) is 0 Å². The zero-order chi connectivity index (χ0) is 35.5. The SMILES string of the molecule is CO[C@H]1/C=C\C=C(/C)C(=O)NC2=CC(=O)C(NC(=O)OCC3CCCC3)=C(C[C@@H](C)C[C@H](OC)[C@H](O)[C@@H](C)/C=C(\C)[C@@H]1OC(N)=O)C2=O. The Bertz CT molecular complexity index is 1390. The van der Waals surface area contributed by atoms with E-state index in [4.69, 9.17) is 24.7 Å². The van der Waals surface area contributed by atoms with Crippen LogP contribution >= 0.6 is 0 Å². The fourth-order valence-corrected chi connectivity index (χ4v) is 6.23. The first-order chi connectivity index (χ1) is 22.7. The molecule has 1 aliphatic heterocycles. The molecule has 0 aromatic carbocycles. The van der Waals surface area contributed by atoms with Crippen LogP contribution < -0.4 is 16.4 Å². The molecule has 0 saturated heterocycles. The Kier molecular flexibility index (Phi) is 14.3. The molecule has 0 unspecified atom stereocenters. The van der Waals surface area contributed by atoms with Crippen LogP contribution in [0.25, 0.3) is 0 Å². The number of carbonyl (C=O) groups is 5. The second-order valence-electron chi connectivity index (χ2n) is 12.8. The molecular weight excluding hydrogens is 622 g/mol. The minimum atomic E-state index is -1.03. The number of rotatable bonds is 6. The molecule has 48 heavy (non-hydrogen) atoms. The fourth-order valence-electron chi connectivity index (χ4n) is 6.23. The van der Waals surface area contributed by atoms with Gasteiger partial charge in [-0.3, -0.25) is 19.7 Å². The monoisotopic (exact) mass is 671 g/mol. The number of fused-ring (bicyclic) bond motifs is 2. The summed E-state index contributed by atoms with van der Waals surface area (Å²) in [6.45, 7) is 7.04. The van der Waals surface area contributed by atoms with E-state index in [1.807, 2.05) is 6.92 Å². The quantitative estimate of drug-likeness (QED) is 0.239. The molecule has 2 bridgehead atoms. The highest BCUT2D eigenvalue weighted by Gasteiger charge is 2.34. The van der Waals surface area contributed by atoms with Crippen molar-refractivity contribution in [1.29, 1.82) is 0 Å². The second kappa shape index (κ2) is 17.9. The standard InChI is InChI=1S/C35H49N3O10/c1-19-14-24-29(38-35(44)47-18-23-11-7-8-12-23)26(39)17-25(31(24)41)37-33(42)20(2)10-9-13-27(45-5)32(48-34(36)43)22(4)16-21(3)30(40)28(15-19)46-6/h9-10,13,16-17,19,21,23,27-28,30,32,40H,7-8,11-12,14-15,18H2,1-6H3,(H2,36,43)(H,37,42)(H,38,44)/b13-9-,20-10+,22-16+/t19-,21+,27+,28+,30-,32+/m1/s1. The van der Waals surface area contributed by atoms with Crippen molar-refractivity contribution in [3.63, 3.8) is 0 Å². The number of carbonyl (C=O) groups excluding carboxylic acids is 5. The molecule has 1 saturated carbocycles.